The summed E-state index contributed by atoms with van der Waals surface area (Å²) < 4.78 is 5.67. The summed E-state index contributed by atoms with van der Waals surface area (Å²) in [7, 11) is 0. The molecule has 3 nitrogen and oxygen atoms in total. The van der Waals surface area contributed by atoms with Gasteiger partial charge in [-0.05, 0) is 18.8 Å². The average molecular weight is 186 g/mol. The number of rotatable bonds is 3. The third-order valence-electron chi connectivity index (χ3n) is 2.69. The SMILES string of the molecule is CCC1CC(C(=O)O)C(C(C)C)O1. The van der Waals surface area contributed by atoms with E-state index in [4.69, 9.17) is 9.84 Å². The lowest BCUT2D eigenvalue weighted by molar-refractivity contribution is -0.144. The molecule has 0 radical (unpaired) electrons. The maximum absolute atomic E-state index is 10.9. The molecular weight excluding hydrogens is 168 g/mol. The Morgan fingerprint density at radius 3 is 2.54 bits per heavy atom. The van der Waals surface area contributed by atoms with Crippen LogP contribution in [0.5, 0.6) is 0 Å². The molecule has 0 saturated carbocycles. The van der Waals surface area contributed by atoms with Crippen molar-refractivity contribution in [1.82, 2.24) is 0 Å². The number of hydrogen-bond acceptors (Lipinski definition) is 2. The fraction of sp³-hybridized carbons (Fsp3) is 0.900. The Kier molecular flexibility index (Phi) is 3.31. The van der Waals surface area contributed by atoms with Crippen LogP contribution in [0.1, 0.15) is 33.6 Å². The van der Waals surface area contributed by atoms with Crippen LogP contribution in [0.2, 0.25) is 0 Å². The minimum Gasteiger partial charge on any atom is -0.481 e. The molecule has 1 aliphatic rings. The lowest BCUT2D eigenvalue weighted by Gasteiger charge is -2.18. The van der Waals surface area contributed by atoms with E-state index in [1.165, 1.54) is 0 Å². The van der Waals surface area contributed by atoms with Crippen LogP contribution in [-0.4, -0.2) is 23.3 Å². The van der Waals surface area contributed by atoms with Gasteiger partial charge in [0.05, 0.1) is 18.1 Å². The third-order valence-corrected chi connectivity index (χ3v) is 2.69. The van der Waals surface area contributed by atoms with Crippen molar-refractivity contribution in [1.29, 1.82) is 0 Å². The first-order valence-corrected chi connectivity index (χ1v) is 4.94. The zero-order valence-electron chi connectivity index (χ0n) is 8.49. The van der Waals surface area contributed by atoms with E-state index >= 15 is 0 Å². The molecule has 0 spiro atoms. The molecule has 76 valence electrons. The smallest absolute Gasteiger partial charge is 0.309 e. The summed E-state index contributed by atoms with van der Waals surface area (Å²) in [5, 5.41) is 8.97. The summed E-state index contributed by atoms with van der Waals surface area (Å²) in [5.41, 5.74) is 0. The average Bonchev–Trinajstić information content (AvgIpc) is 2.47. The van der Waals surface area contributed by atoms with Gasteiger partial charge in [-0.2, -0.15) is 0 Å². The van der Waals surface area contributed by atoms with Crippen LogP contribution >= 0.6 is 0 Å². The van der Waals surface area contributed by atoms with Crippen LogP contribution in [-0.2, 0) is 9.53 Å². The Bertz CT molecular complexity index is 189. The summed E-state index contributed by atoms with van der Waals surface area (Å²) in [6.45, 7) is 6.06. The van der Waals surface area contributed by atoms with Crippen molar-refractivity contribution >= 4 is 5.97 Å². The van der Waals surface area contributed by atoms with Crippen LogP contribution in [0.15, 0.2) is 0 Å². The van der Waals surface area contributed by atoms with Gasteiger partial charge < -0.3 is 9.84 Å². The van der Waals surface area contributed by atoms with Gasteiger partial charge in [-0.1, -0.05) is 20.8 Å². The second-order valence-corrected chi connectivity index (χ2v) is 4.06. The lowest BCUT2D eigenvalue weighted by atomic mass is 9.92. The quantitative estimate of drug-likeness (QED) is 0.732. The highest BCUT2D eigenvalue weighted by Crippen LogP contribution is 2.32. The standard InChI is InChI=1S/C10H18O3/c1-4-7-5-8(10(11)12)9(13-7)6(2)3/h6-9H,4-5H2,1-3H3,(H,11,12). The maximum Gasteiger partial charge on any atom is 0.309 e. The monoisotopic (exact) mass is 186 g/mol. The molecule has 0 aliphatic carbocycles. The summed E-state index contributed by atoms with van der Waals surface area (Å²) in [6.07, 6.45) is 1.64. The van der Waals surface area contributed by atoms with Gasteiger partial charge in [0.2, 0.25) is 0 Å². The van der Waals surface area contributed by atoms with Gasteiger partial charge in [-0.15, -0.1) is 0 Å². The molecule has 1 rings (SSSR count). The van der Waals surface area contributed by atoms with Crippen molar-refractivity contribution in [2.45, 2.75) is 45.8 Å². The van der Waals surface area contributed by atoms with Crippen LogP contribution in [0.4, 0.5) is 0 Å². The van der Waals surface area contributed by atoms with E-state index in [1.807, 2.05) is 20.8 Å². The van der Waals surface area contributed by atoms with Crippen LogP contribution < -0.4 is 0 Å². The molecule has 3 heteroatoms. The van der Waals surface area contributed by atoms with Gasteiger partial charge in [-0.25, -0.2) is 0 Å². The van der Waals surface area contributed by atoms with E-state index in [-0.39, 0.29) is 24.0 Å². The molecule has 0 aromatic rings. The number of carboxylic acid groups (broad SMARTS) is 1. The van der Waals surface area contributed by atoms with Gasteiger partial charge in [0, 0.05) is 0 Å². The van der Waals surface area contributed by atoms with E-state index in [0.717, 1.165) is 6.42 Å². The predicted molar refractivity (Wildman–Crippen MR) is 49.5 cm³/mol. The van der Waals surface area contributed by atoms with Crippen molar-refractivity contribution < 1.29 is 14.6 Å². The first kappa shape index (κ1) is 10.5. The summed E-state index contributed by atoms with van der Waals surface area (Å²) in [6, 6.07) is 0. The Morgan fingerprint density at radius 2 is 2.23 bits per heavy atom. The highest BCUT2D eigenvalue weighted by atomic mass is 16.5. The molecule has 1 aliphatic heterocycles. The number of carbonyl (C=O) groups is 1. The molecule has 0 bridgehead atoms. The fourth-order valence-electron chi connectivity index (χ4n) is 1.92. The molecule has 0 amide bonds. The second-order valence-electron chi connectivity index (χ2n) is 4.06. The topological polar surface area (TPSA) is 46.5 Å². The molecule has 3 atom stereocenters. The van der Waals surface area contributed by atoms with E-state index in [1.54, 1.807) is 0 Å². The highest BCUT2D eigenvalue weighted by Gasteiger charge is 2.40. The number of aliphatic carboxylic acids is 1. The van der Waals surface area contributed by atoms with Gasteiger partial charge in [0.1, 0.15) is 0 Å². The summed E-state index contributed by atoms with van der Waals surface area (Å²) in [4.78, 5) is 10.9. The summed E-state index contributed by atoms with van der Waals surface area (Å²) in [5.74, 6) is -0.725. The van der Waals surface area contributed by atoms with Gasteiger partial charge >= 0.3 is 5.97 Å². The first-order valence-electron chi connectivity index (χ1n) is 4.94. The molecule has 0 aromatic carbocycles. The van der Waals surface area contributed by atoms with Crippen LogP contribution in [0, 0.1) is 11.8 Å². The first-order chi connectivity index (χ1) is 6.06. The van der Waals surface area contributed by atoms with Crippen molar-refractivity contribution in [2.75, 3.05) is 0 Å². The molecular formula is C10H18O3. The Balaban J connectivity index is 2.65. The van der Waals surface area contributed by atoms with E-state index in [2.05, 4.69) is 0 Å². The lowest BCUT2D eigenvalue weighted by Crippen LogP contribution is -2.28. The second kappa shape index (κ2) is 4.09. The fourth-order valence-corrected chi connectivity index (χ4v) is 1.92. The number of hydrogen-bond donors (Lipinski definition) is 1. The zero-order valence-corrected chi connectivity index (χ0v) is 8.49. The minimum absolute atomic E-state index is 0.0950. The molecule has 1 N–H and O–H groups in total. The molecule has 13 heavy (non-hydrogen) atoms. The van der Waals surface area contributed by atoms with Gasteiger partial charge in [-0.3, -0.25) is 4.79 Å². The largest absolute Gasteiger partial charge is 0.481 e. The van der Waals surface area contributed by atoms with E-state index in [0.29, 0.717) is 6.42 Å². The highest BCUT2D eigenvalue weighted by molar-refractivity contribution is 5.71. The Labute approximate surface area is 79.1 Å². The molecule has 3 unspecified atom stereocenters. The number of carboxylic acids is 1. The maximum atomic E-state index is 10.9. The Hall–Kier alpha value is -0.570. The summed E-state index contributed by atoms with van der Waals surface area (Å²) >= 11 is 0. The minimum atomic E-state index is -0.713. The normalized spacial score (nSPS) is 34.0. The van der Waals surface area contributed by atoms with Crippen LogP contribution in [0.3, 0.4) is 0 Å². The predicted octanol–water partition coefficient (Wildman–Crippen LogP) is 1.91. The van der Waals surface area contributed by atoms with Crippen molar-refractivity contribution in [3.8, 4) is 0 Å². The molecule has 1 saturated heterocycles. The van der Waals surface area contributed by atoms with Crippen molar-refractivity contribution in [2.24, 2.45) is 11.8 Å². The number of ether oxygens (including phenoxy) is 1. The zero-order chi connectivity index (χ0) is 10.0. The molecule has 1 fully saturated rings. The molecule has 0 aromatic heterocycles. The van der Waals surface area contributed by atoms with Crippen molar-refractivity contribution in [3.63, 3.8) is 0 Å². The molecule has 1 heterocycles. The van der Waals surface area contributed by atoms with E-state index < -0.39 is 5.97 Å². The van der Waals surface area contributed by atoms with Crippen molar-refractivity contribution in [3.05, 3.63) is 0 Å². The van der Waals surface area contributed by atoms with Crippen LogP contribution in [0.25, 0.3) is 0 Å². The van der Waals surface area contributed by atoms with Gasteiger partial charge in [0.15, 0.2) is 0 Å². The van der Waals surface area contributed by atoms with Gasteiger partial charge in [0.25, 0.3) is 0 Å². The third kappa shape index (κ3) is 2.21. The van der Waals surface area contributed by atoms with E-state index in [9.17, 15) is 4.79 Å². The Morgan fingerprint density at radius 1 is 1.62 bits per heavy atom.